The number of hydrogen-bond acceptors (Lipinski definition) is 2. The van der Waals surface area contributed by atoms with Gasteiger partial charge in [-0.3, -0.25) is 4.79 Å². The number of nitrogens with zero attached hydrogens (tertiary/aromatic N) is 1. The second kappa shape index (κ2) is 5.07. The maximum Gasteiger partial charge on any atom is 0.406 e. The van der Waals surface area contributed by atoms with E-state index >= 15 is 0 Å². The van der Waals surface area contributed by atoms with E-state index in [1.807, 2.05) is 0 Å². The van der Waals surface area contributed by atoms with E-state index in [4.69, 9.17) is 0 Å². The van der Waals surface area contributed by atoms with Crippen molar-refractivity contribution < 1.29 is 18.0 Å². The van der Waals surface area contributed by atoms with Gasteiger partial charge in [0.2, 0.25) is 0 Å². The molecule has 0 fully saturated rings. The van der Waals surface area contributed by atoms with Crippen LogP contribution in [0.25, 0.3) is 0 Å². The molecule has 0 spiro atoms. The molecule has 0 aliphatic carbocycles. The van der Waals surface area contributed by atoms with Crippen molar-refractivity contribution in [3.8, 4) is 0 Å². The lowest BCUT2D eigenvalue weighted by Gasteiger charge is -2.19. The zero-order valence-corrected chi connectivity index (χ0v) is 9.51. The van der Waals surface area contributed by atoms with Gasteiger partial charge < -0.3 is 10.2 Å². The molecule has 6 heteroatoms. The van der Waals surface area contributed by atoms with E-state index < -0.39 is 18.6 Å². The molecule has 0 bridgehead atoms. The van der Waals surface area contributed by atoms with E-state index in [1.165, 1.54) is 12.1 Å². The van der Waals surface area contributed by atoms with Crippen molar-refractivity contribution >= 4 is 11.6 Å². The van der Waals surface area contributed by atoms with Crippen molar-refractivity contribution in [2.24, 2.45) is 0 Å². The lowest BCUT2D eigenvalue weighted by Crippen LogP contribution is -2.35. The van der Waals surface area contributed by atoms with Crippen LogP contribution < -0.4 is 5.32 Å². The minimum Gasteiger partial charge on any atom is -0.388 e. The molecule has 1 amide bonds. The van der Waals surface area contributed by atoms with Crippen LogP contribution >= 0.6 is 0 Å². The summed E-state index contributed by atoms with van der Waals surface area (Å²) in [6, 6.07) is 6.24. The van der Waals surface area contributed by atoms with Gasteiger partial charge in [-0.1, -0.05) is 0 Å². The van der Waals surface area contributed by atoms with Gasteiger partial charge in [-0.2, -0.15) is 13.2 Å². The molecule has 17 heavy (non-hydrogen) atoms. The summed E-state index contributed by atoms with van der Waals surface area (Å²) in [6.07, 6.45) is -4.38. The topological polar surface area (TPSA) is 32.3 Å². The van der Waals surface area contributed by atoms with Crippen molar-refractivity contribution in [3.63, 3.8) is 0 Å². The zero-order valence-electron chi connectivity index (χ0n) is 9.51. The van der Waals surface area contributed by atoms with E-state index in [0.717, 1.165) is 12.7 Å². The third-order valence-corrected chi connectivity index (χ3v) is 2.18. The van der Waals surface area contributed by atoms with Crippen LogP contribution in [-0.2, 0) is 0 Å². The molecule has 0 unspecified atom stereocenters. The second-order valence-corrected chi connectivity index (χ2v) is 3.60. The molecule has 0 saturated carbocycles. The van der Waals surface area contributed by atoms with Gasteiger partial charge in [-0.15, -0.1) is 0 Å². The number of carbonyl (C=O) groups is 1. The smallest absolute Gasteiger partial charge is 0.388 e. The Kier molecular flexibility index (Phi) is 3.98. The quantitative estimate of drug-likeness (QED) is 0.888. The Morgan fingerprint density at radius 3 is 2.24 bits per heavy atom. The molecule has 0 aliphatic heterocycles. The molecule has 94 valence electrons. The van der Waals surface area contributed by atoms with E-state index in [-0.39, 0.29) is 5.56 Å². The summed E-state index contributed by atoms with van der Waals surface area (Å²) < 4.78 is 36.3. The first-order valence-corrected chi connectivity index (χ1v) is 4.93. The number of anilines is 1. The minimum absolute atomic E-state index is 0.232. The highest BCUT2D eigenvalue weighted by Crippen LogP contribution is 2.17. The van der Waals surface area contributed by atoms with Crippen LogP contribution in [0.5, 0.6) is 0 Å². The number of hydrogen-bond donors (Lipinski definition) is 1. The Labute approximate surface area is 97.2 Å². The number of amides is 1. The summed E-state index contributed by atoms with van der Waals surface area (Å²) in [5, 5.41) is 2.86. The molecule has 0 atom stereocenters. The molecule has 1 N–H and O–H groups in total. The zero-order chi connectivity index (χ0) is 13.1. The van der Waals surface area contributed by atoms with Crippen LogP contribution in [-0.4, -0.2) is 37.6 Å². The Hall–Kier alpha value is -1.72. The van der Waals surface area contributed by atoms with E-state index in [9.17, 15) is 18.0 Å². The summed E-state index contributed by atoms with van der Waals surface area (Å²) in [5.41, 5.74) is 1.02. The van der Waals surface area contributed by atoms with Gasteiger partial charge >= 0.3 is 6.18 Å². The molecule has 3 nitrogen and oxygen atoms in total. The molecule has 0 aromatic heterocycles. The number of benzene rings is 1. The lowest BCUT2D eigenvalue weighted by atomic mass is 10.2. The summed E-state index contributed by atoms with van der Waals surface area (Å²) in [7, 11) is 2.84. The first-order chi connectivity index (χ1) is 7.83. The largest absolute Gasteiger partial charge is 0.406 e. The third-order valence-electron chi connectivity index (χ3n) is 2.18. The fraction of sp³-hybridized carbons (Fsp3) is 0.364. The third kappa shape index (κ3) is 3.97. The summed E-state index contributed by atoms with van der Waals surface area (Å²) in [4.78, 5) is 12.3. The van der Waals surface area contributed by atoms with Crippen LogP contribution in [0.1, 0.15) is 10.4 Å². The molecule has 0 heterocycles. The van der Waals surface area contributed by atoms with E-state index in [0.29, 0.717) is 4.90 Å². The number of carbonyl (C=O) groups excluding carboxylic acids is 1. The van der Waals surface area contributed by atoms with Crippen molar-refractivity contribution in [1.29, 1.82) is 0 Å². The first kappa shape index (κ1) is 13.3. The highest BCUT2D eigenvalue weighted by atomic mass is 19.4. The van der Waals surface area contributed by atoms with E-state index in [2.05, 4.69) is 5.32 Å². The molecule has 0 aliphatic rings. The number of halogens is 3. The molecule has 0 saturated heterocycles. The first-order valence-electron chi connectivity index (χ1n) is 4.93. The van der Waals surface area contributed by atoms with Gasteiger partial charge in [0.15, 0.2) is 0 Å². The molecule has 1 rings (SSSR count). The summed E-state index contributed by atoms with van der Waals surface area (Å²) >= 11 is 0. The fourth-order valence-corrected chi connectivity index (χ4v) is 1.34. The Morgan fingerprint density at radius 1 is 1.29 bits per heavy atom. The van der Waals surface area contributed by atoms with Crippen molar-refractivity contribution in [2.45, 2.75) is 6.18 Å². The number of nitrogens with one attached hydrogen (secondary N) is 1. The van der Waals surface area contributed by atoms with Gasteiger partial charge in [0.05, 0.1) is 0 Å². The van der Waals surface area contributed by atoms with Crippen LogP contribution in [0.2, 0.25) is 0 Å². The van der Waals surface area contributed by atoms with Gasteiger partial charge in [-0.25, -0.2) is 0 Å². The van der Waals surface area contributed by atoms with Crippen LogP contribution in [0.4, 0.5) is 18.9 Å². The molecular weight excluding hydrogens is 233 g/mol. The van der Waals surface area contributed by atoms with Crippen LogP contribution in [0.3, 0.4) is 0 Å². The lowest BCUT2D eigenvalue weighted by molar-refractivity contribution is -0.138. The van der Waals surface area contributed by atoms with Crippen molar-refractivity contribution in [3.05, 3.63) is 29.8 Å². The summed E-state index contributed by atoms with van der Waals surface area (Å²) in [6.45, 7) is -1.25. The number of alkyl halides is 3. The molecular formula is C11H13F3N2O. The Balaban J connectivity index is 2.75. The SMILES string of the molecule is CNc1ccc(C(=O)N(C)CC(F)(F)F)cc1. The predicted octanol–water partition coefficient (Wildman–Crippen LogP) is 2.36. The minimum atomic E-state index is -4.38. The Morgan fingerprint density at radius 2 is 1.82 bits per heavy atom. The maximum absolute atomic E-state index is 12.1. The van der Waals surface area contributed by atoms with Gasteiger partial charge in [0.25, 0.3) is 5.91 Å². The summed E-state index contributed by atoms with van der Waals surface area (Å²) in [5.74, 6) is -0.648. The monoisotopic (exact) mass is 246 g/mol. The van der Waals surface area contributed by atoms with Gasteiger partial charge in [0.1, 0.15) is 6.54 Å². The fourth-order valence-electron chi connectivity index (χ4n) is 1.34. The Bertz CT molecular complexity index is 387. The van der Waals surface area contributed by atoms with Crippen LogP contribution in [0.15, 0.2) is 24.3 Å². The van der Waals surface area contributed by atoms with Crippen molar-refractivity contribution in [2.75, 3.05) is 26.0 Å². The average molecular weight is 246 g/mol. The predicted molar refractivity (Wildman–Crippen MR) is 59.0 cm³/mol. The standard InChI is InChI=1S/C11H13F3N2O/c1-15-9-5-3-8(4-6-9)10(17)16(2)7-11(12,13)14/h3-6,15H,7H2,1-2H3. The second-order valence-electron chi connectivity index (χ2n) is 3.60. The molecule has 0 radical (unpaired) electrons. The average Bonchev–Trinajstić information content (AvgIpc) is 2.26. The molecule has 1 aromatic rings. The van der Waals surface area contributed by atoms with E-state index in [1.54, 1.807) is 19.2 Å². The van der Waals surface area contributed by atoms with Gasteiger partial charge in [-0.05, 0) is 24.3 Å². The maximum atomic E-state index is 12.1. The van der Waals surface area contributed by atoms with Gasteiger partial charge in [0, 0.05) is 25.3 Å². The highest BCUT2D eigenvalue weighted by molar-refractivity contribution is 5.94. The normalized spacial score (nSPS) is 11.1. The highest BCUT2D eigenvalue weighted by Gasteiger charge is 2.31. The molecule has 1 aromatic carbocycles. The van der Waals surface area contributed by atoms with Crippen molar-refractivity contribution in [1.82, 2.24) is 4.90 Å². The van der Waals surface area contributed by atoms with Crippen LogP contribution in [0, 0.1) is 0 Å². The number of rotatable bonds is 3.